The summed E-state index contributed by atoms with van der Waals surface area (Å²) in [5.74, 6) is -0.402. The molecule has 0 unspecified atom stereocenters. The Labute approximate surface area is 109 Å². The summed E-state index contributed by atoms with van der Waals surface area (Å²) in [6.45, 7) is 0. The Morgan fingerprint density at radius 1 is 1.44 bits per heavy atom. The van der Waals surface area contributed by atoms with Crippen molar-refractivity contribution in [1.82, 2.24) is 0 Å². The van der Waals surface area contributed by atoms with Crippen molar-refractivity contribution in [2.24, 2.45) is 0 Å². The van der Waals surface area contributed by atoms with Crippen LogP contribution in [0.3, 0.4) is 0 Å². The number of ether oxygens (including phenoxy) is 1. The van der Waals surface area contributed by atoms with Crippen molar-refractivity contribution >= 4 is 36.2 Å². The predicted octanol–water partition coefficient (Wildman–Crippen LogP) is 1.41. The predicted molar refractivity (Wildman–Crippen MR) is 73.4 cm³/mol. The van der Waals surface area contributed by atoms with Gasteiger partial charge in [0.25, 0.3) is 5.91 Å². The van der Waals surface area contributed by atoms with Gasteiger partial charge >= 0.3 is 0 Å². The van der Waals surface area contributed by atoms with Crippen molar-refractivity contribution in [2.45, 2.75) is 0 Å². The van der Waals surface area contributed by atoms with Gasteiger partial charge in [0.1, 0.15) is 19.4 Å². The van der Waals surface area contributed by atoms with Crippen molar-refractivity contribution in [3.63, 3.8) is 0 Å². The standard InChI is InChI=1S/C12H11BFNO2S/c1-17-7-2-3-10(9(14)6-7)15-12(16)11-8(13)4-5-18-11/h2-6H,13H2,1H3,(H,15,16). The molecule has 0 saturated carbocycles. The Bertz CT molecular complexity index is 585. The van der Waals surface area contributed by atoms with Gasteiger partial charge in [-0.15, -0.1) is 11.3 Å². The van der Waals surface area contributed by atoms with E-state index in [1.807, 2.05) is 19.3 Å². The highest BCUT2D eigenvalue weighted by Crippen LogP contribution is 2.21. The second-order valence-corrected chi connectivity index (χ2v) is 4.65. The molecule has 0 aliphatic heterocycles. The highest BCUT2D eigenvalue weighted by atomic mass is 32.1. The number of benzene rings is 1. The summed E-state index contributed by atoms with van der Waals surface area (Å²) in [5.41, 5.74) is 1.03. The van der Waals surface area contributed by atoms with Crippen LogP contribution in [0.15, 0.2) is 29.6 Å². The minimum Gasteiger partial charge on any atom is -0.497 e. The fourth-order valence-corrected chi connectivity index (χ4v) is 2.33. The van der Waals surface area contributed by atoms with E-state index in [0.717, 1.165) is 5.46 Å². The summed E-state index contributed by atoms with van der Waals surface area (Å²) >= 11 is 1.33. The number of amides is 1. The maximum atomic E-state index is 13.6. The molecule has 18 heavy (non-hydrogen) atoms. The van der Waals surface area contributed by atoms with Gasteiger partial charge in [-0.25, -0.2) is 4.39 Å². The van der Waals surface area contributed by atoms with Gasteiger partial charge in [0.05, 0.1) is 17.7 Å². The first-order chi connectivity index (χ1) is 8.61. The minimum atomic E-state index is -0.517. The fourth-order valence-electron chi connectivity index (χ4n) is 1.51. The summed E-state index contributed by atoms with van der Waals surface area (Å²) in [6.07, 6.45) is 0. The summed E-state index contributed by atoms with van der Waals surface area (Å²) in [7, 11) is 3.30. The third-order valence-electron chi connectivity index (χ3n) is 2.49. The van der Waals surface area contributed by atoms with Gasteiger partial charge in [0.15, 0.2) is 0 Å². The summed E-state index contributed by atoms with van der Waals surface area (Å²) in [5, 5.41) is 4.37. The molecular weight excluding hydrogens is 252 g/mol. The Morgan fingerprint density at radius 2 is 2.22 bits per heavy atom. The zero-order chi connectivity index (χ0) is 13.1. The Hall–Kier alpha value is -1.82. The number of anilines is 1. The molecule has 1 N–H and O–H groups in total. The lowest BCUT2D eigenvalue weighted by Crippen LogP contribution is -2.18. The summed E-state index contributed by atoms with van der Waals surface area (Å²) < 4.78 is 18.5. The molecule has 0 fully saturated rings. The number of carbonyl (C=O) groups excluding carboxylic acids is 1. The molecule has 92 valence electrons. The number of carbonyl (C=O) groups is 1. The third-order valence-corrected chi connectivity index (χ3v) is 3.51. The van der Waals surface area contributed by atoms with Crippen molar-refractivity contribution in [3.05, 3.63) is 40.3 Å². The normalized spacial score (nSPS) is 10.1. The molecule has 0 atom stereocenters. The highest BCUT2D eigenvalue weighted by Gasteiger charge is 2.12. The molecule has 2 aromatic rings. The van der Waals surface area contributed by atoms with Crippen molar-refractivity contribution in [3.8, 4) is 5.75 Å². The van der Waals surface area contributed by atoms with Crippen LogP contribution in [-0.4, -0.2) is 20.9 Å². The molecule has 1 amide bonds. The fraction of sp³-hybridized carbons (Fsp3) is 0.0833. The zero-order valence-corrected chi connectivity index (χ0v) is 10.8. The maximum Gasteiger partial charge on any atom is 0.265 e. The first-order valence-electron chi connectivity index (χ1n) is 5.31. The van der Waals surface area contributed by atoms with Gasteiger partial charge in [-0.2, -0.15) is 0 Å². The van der Waals surface area contributed by atoms with E-state index < -0.39 is 5.82 Å². The molecule has 0 aliphatic rings. The van der Waals surface area contributed by atoms with Gasteiger partial charge in [0, 0.05) is 6.07 Å². The zero-order valence-electron chi connectivity index (χ0n) is 9.99. The van der Waals surface area contributed by atoms with E-state index >= 15 is 0 Å². The molecule has 1 aromatic carbocycles. The lowest BCUT2D eigenvalue weighted by atomic mass is 9.97. The molecule has 0 bridgehead atoms. The molecule has 2 rings (SSSR count). The van der Waals surface area contributed by atoms with Gasteiger partial charge < -0.3 is 10.1 Å². The topological polar surface area (TPSA) is 38.3 Å². The molecule has 0 aliphatic carbocycles. The third kappa shape index (κ3) is 2.54. The van der Waals surface area contributed by atoms with Gasteiger partial charge in [-0.05, 0) is 17.5 Å². The smallest absolute Gasteiger partial charge is 0.265 e. The molecule has 3 nitrogen and oxygen atoms in total. The number of methoxy groups -OCH3 is 1. The number of nitrogens with one attached hydrogen (secondary N) is 1. The number of rotatable bonds is 3. The minimum absolute atomic E-state index is 0.147. The van der Waals surface area contributed by atoms with Crippen LogP contribution >= 0.6 is 11.3 Å². The van der Waals surface area contributed by atoms with Crippen LogP contribution in [0.1, 0.15) is 9.67 Å². The van der Waals surface area contributed by atoms with Crippen LogP contribution in [0.5, 0.6) is 5.75 Å². The highest BCUT2D eigenvalue weighted by molar-refractivity contribution is 7.13. The van der Waals surface area contributed by atoms with E-state index in [4.69, 9.17) is 4.74 Å². The Kier molecular flexibility index (Phi) is 3.67. The van der Waals surface area contributed by atoms with E-state index in [1.165, 1.54) is 30.6 Å². The van der Waals surface area contributed by atoms with Crippen LogP contribution in [-0.2, 0) is 0 Å². The lowest BCUT2D eigenvalue weighted by molar-refractivity contribution is 0.103. The Morgan fingerprint density at radius 3 is 2.78 bits per heavy atom. The summed E-state index contributed by atoms with van der Waals surface area (Å²) in [6, 6.07) is 6.16. The quantitative estimate of drug-likeness (QED) is 0.850. The monoisotopic (exact) mass is 263 g/mol. The average molecular weight is 263 g/mol. The number of thiophene rings is 1. The molecular formula is C12H11BFNO2S. The van der Waals surface area contributed by atoms with Crippen LogP contribution in [0.4, 0.5) is 10.1 Å². The SMILES string of the molecule is Bc1ccsc1C(=O)Nc1ccc(OC)cc1F. The molecule has 1 aromatic heterocycles. The number of halogens is 1. The van der Waals surface area contributed by atoms with E-state index in [9.17, 15) is 9.18 Å². The van der Waals surface area contributed by atoms with Crippen LogP contribution in [0.25, 0.3) is 0 Å². The molecule has 0 spiro atoms. The van der Waals surface area contributed by atoms with E-state index in [1.54, 1.807) is 6.07 Å². The molecule has 0 radical (unpaired) electrons. The average Bonchev–Trinajstić information content (AvgIpc) is 2.78. The van der Waals surface area contributed by atoms with E-state index in [0.29, 0.717) is 10.6 Å². The van der Waals surface area contributed by atoms with Gasteiger partial charge in [0.2, 0.25) is 0 Å². The molecule has 0 saturated heterocycles. The molecule has 1 heterocycles. The van der Waals surface area contributed by atoms with Crippen molar-refractivity contribution in [2.75, 3.05) is 12.4 Å². The molecule has 6 heteroatoms. The number of hydrogen-bond donors (Lipinski definition) is 1. The summed E-state index contributed by atoms with van der Waals surface area (Å²) in [4.78, 5) is 12.5. The Balaban J connectivity index is 2.20. The number of hydrogen-bond acceptors (Lipinski definition) is 3. The van der Waals surface area contributed by atoms with Gasteiger partial charge in [-0.3, -0.25) is 4.79 Å². The van der Waals surface area contributed by atoms with Crippen LogP contribution in [0, 0.1) is 5.82 Å². The van der Waals surface area contributed by atoms with E-state index in [2.05, 4.69) is 5.32 Å². The van der Waals surface area contributed by atoms with Gasteiger partial charge in [-0.1, -0.05) is 11.5 Å². The first-order valence-corrected chi connectivity index (χ1v) is 6.19. The van der Waals surface area contributed by atoms with Crippen molar-refractivity contribution < 1.29 is 13.9 Å². The first kappa shape index (κ1) is 12.6. The second kappa shape index (κ2) is 5.22. The second-order valence-electron chi connectivity index (χ2n) is 3.73. The van der Waals surface area contributed by atoms with Crippen LogP contribution in [0.2, 0.25) is 0 Å². The van der Waals surface area contributed by atoms with E-state index in [-0.39, 0.29) is 11.6 Å². The van der Waals surface area contributed by atoms with Crippen molar-refractivity contribution in [1.29, 1.82) is 0 Å². The lowest BCUT2D eigenvalue weighted by Gasteiger charge is -2.07. The van der Waals surface area contributed by atoms with Crippen LogP contribution < -0.4 is 15.5 Å². The largest absolute Gasteiger partial charge is 0.497 e. The maximum absolute atomic E-state index is 13.6.